The Labute approximate surface area is 199 Å². The van der Waals surface area contributed by atoms with Gasteiger partial charge in [0.15, 0.2) is 4.32 Å². The normalized spacial score (nSPS) is 16.5. The van der Waals surface area contributed by atoms with Crippen molar-refractivity contribution in [3.8, 4) is 5.75 Å². The molecule has 1 amide bonds. The lowest BCUT2D eigenvalue weighted by Gasteiger charge is -2.28. The first-order valence-electron chi connectivity index (χ1n) is 10.1. The van der Waals surface area contributed by atoms with Gasteiger partial charge < -0.3 is 5.11 Å². The second-order valence-electron chi connectivity index (χ2n) is 9.68. The summed E-state index contributed by atoms with van der Waals surface area (Å²) in [5, 5.41) is 11.0. The van der Waals surface area contributed by atoms with Gasteiger partial charge in [0.25, 0.3) is 5.91 Å². The maximum atomic E-state index is 13.2. The molecule has 1 aliphatic rings. The molecule has 1 heterocycles. The van der Waals surface area contributed by atoms with E-state index in [1.54, 1.807) is 16.7 Å². The van der Waals surface area contributed by atoms with Crippen LogP contribution in [0.4, 0.5) is 5.69 Å². The van der Waals surface area contributed by atoms with E-state index in [9.17, 15) is 9.90 Å². The number of hydrogen-bond donors (Lipinski definition) is 1. The van der Waals surface area contributed by atoms with Crippen LogP contribution in [0.2, 0.25) is 0 Å². The molecule has 0 spiro atoms. The summed E-state index contributed by atoms with van der Waals surface area (Å²) in [7, 11) is 0. The molecule has 1 aliphatic heterocycles. The van der Waals surface area contributed by atoms with E-state index in [0.717, 1.165) is 27.3 Å². The first kappa shape index (κ1) is 23.9. The molecule has 1 saturated heterocycles. The predicted molar refractivity (Wildman–Crippen MR) is 139 cm³/mol. The van der Waals surface area contributed by atoms with Gasteiger partial charge >= 0.3 is 0 Å². The van der Waals surface area contributed by atoms with Crippen molar-refractivity contribution in [1.29, 1.82) is 0 Å². The lowest BCUT2D eigenvalue weighted by atomic mass is 9.78. The SMILES string of the molecule is CSc1cccc(N2C(=O)/C(=C/c3cc(C(C)(C)C)c(O)c(C(C)(C)C)c3)SC2=S)c1. The number of carbonyl (C=O) groups is 1. The van der Waals surface area contributed by atoms with Crippen LogP contribution in [0.3, 0.4) is 0 Å². The van der Waals surface area contributed by atoms with Crippen LogP contribution in [0.1, 0.15) is 58.2 Å². The molecule has 0 saturated carbocycles. The summed E-state index contributed by atoms with van der Waals surface area (Å²) in [6.07, 6.45) is 3.90. The van der Waals surface area contributed by atoms with Gasteiger partial charge in [-0.1, -0.05) is 71.6 Å². The van der Waals surface area contributed by atoms with Gasteiger partial charge in [-0.25, -0.2) is 0 Å². The summed E-state index contributed by atoms with van der Waals surface area (Å²) in [5.41, 5.74) is 2.96. The fourth-order valence-corrected chi connectivity index (χ4v) is 5.23. The standard InChI is InChI=1S/C25H29NO2S3/c1-24(2,3)18-11-15(12-19(21(18)27)25(4,5)6)13-20-22(28)26(23(29)31-20)16-9-8-10-17(14-16)30-7/h8-14,27H,1-7H3/b20-13-. The third-order valence-corrected chi connectivity index (χ3v) is 7.18. The molecule has 0 bridgehead atoms. The van der Waals surface area contributed by atoms with E-state index in [4.69, 9.17) is 12.2 Å². The number of rotatable bonds is 3. The number of nitrogens with zero attached hydrogens (tertiary/aromatic N) is 1. The number of aromatic hydroxyl groups is 1. The van der Waals surface area contributed by atoms with E-state index in [0.29, 0.717) is 15.0 Å². The van der Waals surface area contributed by atoms with E-state index in [-0.39, 0.29) is 16.7 Å². The summed E-state index contributed by atoms with van der Waals surface area (Å²) in [6.45, 7) is 12.5. The molecule has 2 aromatic rings. The highest BCUT2D eigenvalue weighted by molar-refractivity contribution is 8.27. The Morgan fingerprint density at radius 1 is 1.03 bits per heavy atom. The van der Waals surface area contributed by atoms with Gasteiger partial charge in [0.1, 0.15) is 5.75 Å². The molecule has 0 aliphatic carbocycles. The zero-order valence-electron chi connectivity index (χ0n) is 19.1. The van der Waals surface area contributed by atoms with Gasteiger partial charge in [-0.05, 0) is 59.1 Å². The van der Waals surface area contributed by atoms with E-state index >= 15 is 0 Å². The van der Waals surface area contributed by atoms with E-state index < -0.39 is 0 Å². The highest BCUT2D eigenvalue weighted by Crippen LogP contribution is 2.42. The fraction of sp³-hybridized carbons (Fsp3) is 0.360. The second-order valence-corrected chi connectivity index (χ2v) is 12.2. The Hall–Kier alpha value is -1.76. The van der Waals surface area contributed by atoms with Gasteiger partial charge in [0.05, 0.1) is 10.6 Å². The number of anilines is 1. The molecule has 3 rings (SSSR count). The minimum absolute atomic E-state index is 0.115. The average molecular weight is 472 g/mol. The molecule has 0 atom stereocenters. The molecule has 6 heteroatoms. The molecular formula is C25H29NO2S3. The van der Waals surface area contributed by atoms with Crippen molar-refractivity contribution in [3.63, 3.8) is 0 Å². The third-order valence-electron chi connectivity index (χ3n) is 5.15. The Kier molecular flexibility index (Phi) is 6.66. The van der Waals surface area contributed by atoms with Crippen LogP contribution in [0.25, 0.3) is 6.08 Å². The summed E-state index contributed by atoms with van der Waals surface area (Å²) >= 11 is 8.49. The van der Waals surface area contributed by atoms with Gasteiger partial charge in [0, 0.05) is 16.0 Å². The Morgan fingerprint density at radius 2 is 1.61 bits per heavy atom. The number of phenolic OH excluding ortho intramolecular Hbond substituents is 1. The Bertz CT molecular complexity index is 1040. The summed E-state index contributed by atoms with van der Waals surface area (Å²) < 4.78 is 0.528. The number of benzene rings is 2. The van der Waals surface area contributed by atoms with Crippen LogP contribution in [-0.4, -0.2) is 21.6 Å². The zero-order chi connectivity index (χ0) is 23.1. The average Bonchev–Trinajstić information content (AvgIpc) is 2.94. The molecule has 0 aromatic heterocycles. The smallest absolute Gasteiger partial charge is 0.270 e. The molecule has 0 radical (unpaired) electrons. The number of hydrogen-bond acceptors (Lipinski definition) is 5. The van der Waals surface area contributed by atoms with Crippen molar-refractivity contribution in [2.45, 2.75) is 57.3 Å². The summed E-state index contributed by atoms with van der Waals surface area (Å²) in [5.74, 6) is 0.217. The van der Waals surface area contributed by atoms with Gasteiger partial charge in [0.2, 0.25) is 0 Å². The molecule has 164 valence electrons. The number of amides is 1. The molecule has 31 heavy (non-hydrogen) atoms. The fourth-order valence-electron chi connectivity index (χ4n) is 3.47. The number of phenols is 1. The van der Waals surface area contributed by atoms with Gasteiger partial charge in [-0.3, -0.25) is 9.69 Å². The number of carbonyl (C=O) groups excluding carboxylic acids is 1. The molecule has 3 nitrogen and oxygen atoms in total. The van der Waals surface area contributed by atoms with Crippen LogP contribution in [0, 0.1) is 0 Å². The minimum Gasteiger partial charge on any atom is -0.507 e. The highest BCUT2D eigenvalue weighted by atomic mass is 32.2. The van der Waals surface area contributed by atoms with E-state index in [1.807, 2.05) is 48.7 Å². The second kappa shape index (κ2) is 8.64. The lowest BCUT2D eigenvalue weighted by molar-refractivity contribution is -0.113. The van der Waals surface area contributed by atoms with Crippen LogP contribution in [0.15, 0.2) is 46.2 Å². The zero-order valence-corrected chi connectivity index (χ0v) is 21.5. The van der Waals surface area contributed by atoms with E-state index in [2.05, 4.69) is 41.5 Å². The van der Waals surface area contributed by atoms with Gasteiger partial charge in [-0.2, -0.15) is 0 Å². The largest absolute Gasteiger partial charge is 0.507 e. The maximum Gasteiger partial charge on any atom is 0.270 e. The van der Waals surface area contributed by atoms with Crippen LogP contribution < -0.4 is 4.90 Å². The summed E-state index contributed by atoms with van der Waals surface area (Å²) in [6, 6.07) is 11.8. The molecule has 1 fully saturated rings. The Morgan fingerprint density at radius 3 is 2.13 bits per heavy atom. The van der Waals surface area contributed by atoms with E-state index in [1.165, 1.54) is 11.8 Å². The Balaban J connectivity index is 2.07. The van der Waals surface area contributed by atoms with Crippen molar-refractivity contribution < 1.29 is 9.90 Å². The number of thioether (sulfide) groups is 2. The quantitative estimate of drug-likeness (QED) is 0.293. The summed E-state index contributed by atoms with van der Waals surface area (Å²) in [4.78, 5) is 16.5. The van der Waals surface area contributed by atoms with Crippen LogP contribution in [0.5, 0.6) is 5.75 Å². The first-order chi connectivity index (χ1) is 14.3. The van der Waals surface area contributed by atoms with Crippen molar-refractivity contribution in [2.24, 2.45) is 0 Å². The lowest BCUT2D eigenvalue weighted by Crippen LogP contribution is -2.27. The minimum atomic E-state index is -0.231. The monoisotopic (exact) mass is 471 g/mol. The van der Waals surface area contributed by atoms with Crippen molar-refractivity contribution in [3.05, 3.63) is 58.0 Å². The highest BCUT2D eigenvalue weighted by Gasteiger charge is 2.34. The molecule has 1 N–H and O–H groups in total. The van der Waals surface area contributed by atoms with Crippen LogP contribution >= 0.6 is 35.7 Å². The topological polar surface area (TPSA) is 40.5 Å². The molecular weight excluding hydrogens is 442 g/mol. The van der Waals surface area contributed by atoms with Crippen LogP contribution in [-0.2, 0) is 15.6 Å². The number of thiocarbonyl (C=S) groups is 1. The van der Waals surface area contributed by atoms with Gasteiger partial charge in [-0.15, -0.1) is 11.8 Å². The first-order valence-corrected chi connectivity index (χ1v) is 12.6. The third kappa shape index (κ3) is 5.02. The predicted octanol–water partition coefficient (Wildman–Crippen LogP) is 7.11. The van der Waals surface area contributed by atoms with Crippen molar-refractivity contribution in [1.82, 2.24) is 0 Å². The molecule has 0 unspecified atom stereocenters. The van der Waals surface area contributed by atoms with Crippen molar-refractivity contribution in [2.75, 3.05) is 11.2 Å². The molecule has 2 aromatic carbocycles. The maximum absolute atomic E-state index is 13.2. The van der Waals surface area contributed by atoms with Crippen molar-refractivity contribution >= 4 is 57.7 Å².